The summed E-state index contributed by atoms with van der Waals surface area (Å²) in [6, 6.07) is 0. The second-order valence-electron chi connectivity index (χ2n) is 6.16. The third-order valence-electron chi connectivity index (χ3n) is 2.80. The molecule has 6 nitrogen and oxygen atoms in total. The highest BCUT2D eigenvalue weighted by molar-refractivity contribution is 5.72. The van der Waals surface area contributed by atoms with Crippen molar-refractivity contribution in [2.45, 2.75) is 45.8 Å². The fraction of sp³-hybridized carbons (Fsp3) is 0.857. The number of esters is 1. The number of rotatable bonds is 6. The molecule has 1 aliphatic rings. The molecule has 116 valence electrons. The van der Waals surface area contributed by atoms with Gasteiger partial charge in [-0.3, -0.25) is 4.79 Å². The van der Waals surface area contributed by atoms with E-state index < -0.39 is 11.7 Å². The van der Waals surface area contributed by atoms with E-state index in [1.54, 1.807) is 27.8 Å². The largest absolute Gasteiger partial charge is 0.464 e. The van der Waals surface area contributed by atoms with Crippen LogP contribution in [0.25, 0.3) is 0 Å². The van der Waals surface area contributed by atoms with Gasteiger partial charge in [0.2, 0.25) is 0 Å². The van der Waals surface area contributed by atoms with E-state index in [1.165, 1.54) is 4.90 Å². The van der Waals surface area contributed by atoms with Crippen LogP contribution in [0.15, 0.2) is 0 Å². The molecule has 0 N–H and O–H groups in total. The molecule has 1 rings (SSSR count). The SMILES string of the molecule is CC(CC1CO1)C(=O)OCCN(C)C(=O)OC(C)(C)C. The van der Waals surface area contributed by atoms with Gasteiger partial charge in [-0.05, 0) is 27.2 Å². The Kier molecular flexibility index (Phi) is 5.80. The summed E-state index contributed by atoms with van der Waals surface area (Å²) in [6.07, 6.45) is 0.482. The molecule has 0 spiro atoms. The van der Waals surface area contributed by atoms with E-state index in [-0.39, 0.29) is 24.6 Å². The quantitative estimate of drug-likeness (QED) is 0.550. The van der Waals surface area contributed by atoms with Crippen molar-refractivity contribution in [3.8, 4) is 0 Å². The van der Waals surface area contributed by atoms with E-state index in [2.05, 4.69) is 0 Å². The monoisotopic (exact) mass is 287 g/mol. The maximum absolute atomic E-state index is 11.7. The van der Waals surface area contributed by atoms with E-state index in [0.29, 0.717) is 13.0 Å². The van der Waals surface area contributed by atoms with Crippen LogP contribution in [0.2, 0.25) is 0 Å². The maximum Gasteiger partial charge on any atom is 0.410 e. The van der Waals surface area contributed by atoms with Crippen molar-refractivity contribution in [3.63, 3.8) is 0 Å². The van der Waals surface area contributed by atoms with Crippen molar-refractivity contribution >= 4 is 12.1 Å². The second-order valence-corrected chi connectivity index (χ2v) is 6.16. The first-order valence-corrected chi connectivity index (χ1v) is 6.91. The fourth-order valence-corrected chi connectivity index (χ4v) is 1.55. The molecule has 20 heavy (non-hydrogen) atoms. The topological polar surface area (TPSA) is 68.4 Å². The van der Waals surface area contributed by atoms with E-state index in [0.717, 1.165) is 6.61 Å². The molecule has 0 aromatic carbocycles. The van der Waals surface area contributed by atoms with E-state index in [1.807, 2.05) is 6.92 Å². The van der Waals surface area contributed by atoms with Gasteiger partial charge in [-0.15, -0.1) is 0 Å². The average molecular weight is 287 g/mol. The first-order chi connectivity index (χ1) is 9.19. The van der Waals surface area contributed by atoms with Gasteiger partial charge in [-0.1, -0.05) is 6.92 Å². The predicted octanol–water partition coefficient (Wildman–Crippen LogP) is 1.82. The Morgan fingerprint density at radius 1 is 1.40 bits per heavy atom. The van der Waals surface area contributed by atoms with Gasteiger partial charge in [0, 0.05) is 7.05 Å². The lowest BCUT2D eigenvalue weighted by Crippen LogP contribution is -2.36. The molecule has 0 saturated carbocycles. The van der Waals surface area contributed by atoms with Crippen molar-refractivity contribution in [1.82, 2.24) is 4.90 Å². The van der Waals surface area contributed by atoms with Gasteiger partial charge in [-0.2, -0.15) is 0 Å². The van der Waals surface area contributed by atoms with Gasteiger partial charge >= 0.3 is 12.1 Å². The van der Waals surface area contributed by atoms with Gasteiger partial charge in [0.1, 0.15) is 12.2 Å². The zero-order chi connectivity index (χ0) is 15.3. The van der Waals surface area contributed by atoms with E-state index in [4.69, 9.17) is 14.2 Å². The normalized spacial score (nSPS) is 19.1. The number of hydrogen-bond acceptors (Lipinski definition) is 5. The number of likely N-dealkylation sites (N-methyl/N-ethyl adjacent to an activating group) is 1. The smallest absolute Gasteiger partial charge is 0.410 e. The first kappa shape index (κ1) is 16.8. The summed E-state index contributed by atoms with van der Waals surface area (Å²) >= 11 is 0. The molecule has 6 heteroatoms. The summed E-state index contributed by atoms with van der Waals surface area (Å²) in [5, 5.41) is 0. The molecule has 1 fully saturated rings. The zero-order valence-corrected chi connectivity index (χ0v) is 13.0. The van der Waals surface area contributed by atoms with Gasteiger partial charge in [-0.25, -0.2) is 4.79 Å². The van der Waals surface area contributed by atoms with Gasteiger partial charge in [0.15, 0.2) is 0 Å². The van der Waals surface area contributed by atoms with E-state index >= 15 is 0 Å². The number of hydrogen-bond donors (Lipinski definition) is 0. The minimum Gasteiger partial charge on any atom is -0.464 e. The third kappa shape index (κ3) is 6.75. The molecule has 2 unspecified atom stereocenters. The summed E-state index contributed by atoms with van der Waals surface area (Å²) in [4.78, 5) is 24.7. The van der Waals surface area contributed by atoms with Crippen molar-refractivity contribution in [1.29, 1.82) is 0 Å². The fourth-order valence-electron chi connectivity index (χ4n) is 1.55. The minimum atomic E-state index is -0.527. The zero-order valence-electron chi connectivity index (χ0n) is 13.0. The Bertz CT molecular complexity index is 346. The molecule has 1 heterocycles. The lowest BCUT2D eigenvalue weighted by atomic mass is 10.1. The van der Waals surface area contributed by atoms with Crippen molar-refractivity contribution < 1.29 is 23.8 Å². The Labute approximate surface area is 120 Å². The van der Waals surface area contributed by atoms with Gasteiger partial charge < -0.3 is 19.1 Å². The predicted molar refractivity (Wildman–Crippen MR) is 73.3 cm³/mol. The highest BCUT2D eigenvalue weighted by Crippen LogP contribution is 2.19. The maximum atomic E-state index is 11.7. The van der Waals surface area contributed by atoms with Crippen LogP contribution in [0, 0.1) is 5.92 Å². The Hall–Kier alpha value is -1.30. The molecule has 2 atom stereocenters. The van der Waals surface area contributed by atoms with Crippen molar-refractivity contribution in [2.75, 3.05) is 26.8 Å². The number of nitrogens with zero attached hydrogens (tertiary/aromatic N) is 1. The molecule has 1 saturated heterocycles. The average Bonchev–Trinajstić information content (AvgIpc) is 3.10. The van der Waals surface area contributed by atoms with Crippen LogP contribution in [-0.2, 0) is 19.0 Å². The molecule has 0 aliphatic carbocycles. The highest BCUT2D eigenvalue weighted by Gasteiger charge is 2.28. The standard InChI is InChI=1S/C14H25NO5/c1-10(8-11-9-19-11)12(16)18-7-6-15(5)13(17)20-14(2,3)4/h10-11H,6-9H2,1-5H3. The van der Waals surface area contributed by atoms with Crippen LogP contribution >= 0.6 is 0 Å². The highest BCUT2D eigenvalue weighted by atomic mass is 16.6. The second kappa shape index (κ2) is 6.92. The van der Waals surface area contributed by atoms with Crippen LogP contribution in [0.3, 0.4) is 0 Å². The summed E-state index contributed by atoms with van der Waals surface area (Å²) < 4.78 is 15.4. The van der Waals surface area contributed by atoms with Gasteiger partial charge in [0.25, 0.3) is 0 Å². The number of carbonyl (C=O) groups is 2. The Morgan fingerprint density at radius 3 is 2.50 bits per heavy atom. The Morgan fingerprint density at radius 2 is 2.00 bits per heavy atom. The number of epoxide rings is 1. The lowest BCUT2D eigenvalue weighted by Gasteiger charge is -2.24. The molecule has 1 amide bonds. The molecule has 0 radical (unpaired) electrons. The molecule has 0 aromatic rings. The molecular formula is C14H25NO5. The third-order valence-corrected chi connectivity index (χ3v) is 2.80. The van der Waals surface area contributed by atoms with E-state index in [9.17, 15) is 9.59 Å². The Balaban J connectivity index is 2.18. The number of ether oxygens (including phenoxy) is 3. The molecule has 0 bridgehead atoms. The molecule has 1 aliphatic heterocycles. The summed E-state index contributed by atoms with van der Waals surface area (Å²) in [5.74, 6) is -0.424. The first-order valence-electron chi connectivity index (χ1n) is 6.91. The van der Waals surface area contributed by atoms with Crippen molar-refractivity contribution in [2.24, 2.45) is 5.92 Å². The van der Waals surface area contributed by atoms with Crippen LogP contribution < -0.4 is 0 Å². The van der Waals surface area contributed by atoms with Crippen LogP contribution in [0.1, 0.15) is 34.1 Å². The number of carbonyl (C=O) groups excluding carboxylic acids is 2. The van der Waals surface area contributed by atoms with Gasteiger partial charge in [0.05, 0.1) is 25.2 Å². The summed E-state index contributed by atoms with van der Waals surface area (Å²) in [5.41, 5.74) is -0.527. The van der Waals surface area contributed by atoms with Crippen molar-refractivity contribution in [3.05, 3.63) is 0 Å². The van der Waals surface area contributed by atoms with Crippen LogP contribution in [0.5, 0.6) is 0 Å². The summed E-state index contributed by atoms with van der Waals surface area (Å²) in [7, 11) is 1.61. The lowest BCUT2D eigenvalue weighted by molar-refractivity contribution is -0.148. The number of amides is 1. The molecular weight excluding hydrogens is 262 g/mol. The molecule has 0 aromatic heterocycles. The minimum absolute atomic E-state index is 0.171. The summed E-state index contributed by atoms with van der Waals surface area (Å²) in [6.45, 7) is 8.46. The van der Waals surface area contributed by atoms with Crippen LogP contribution in [0.4, 0.5) is 4.79 Å². The van der Waals surface area contributed by atoms with Crippen LogP contribution in [-0.4, -0.2) is 55.5 Å².